The van der Waals surface area contributed by atoms with Crippen LogP contribution in [-0.4, -0.2) is 34.0 Å². The van der Waals surface area contributed by atoms with Crippen LogP contribution in [0.25, 0.3) is 0 Å². The van der Waals surface area contributed by atoms with Crippen molar-refractivity contribution >= 4 is 5.97 Å². The third-order valence-electron chi connectivity index (χ3n) is 2.81. The lowest BCUT2D eigenvalue weighted by molar-refractivity contribution is -0.146. The van der Waals surface area contributed by atoms with Crippen molar-refractivity contribution in [2.75, 3.05) is 6.61 Å². The van der Waals surface area contributed by atoms with Gasteiger partial charge in [-0.25, -0.2) is 0 Å². The molecule has 2 atom stereocenters. The van der Waals surface area contributed by atoms with E-state index in [1.165, 1.54) is 0 Å². The van der Waals surface area contributed by atoms with Gasteiger partial charge in [0.15, 0.2) is 0 Å². The van der Waals surface area contributed by atoms with Crippen molar-refractivity contribution in [3.05, 3.63) is 0 Å². The van der Waals surface area contributed by atoms with Gasteiger partial charge in [0.25, 0.3) is 0 Å². The Morgan fingerprint density at radius 3 is 2.31 bits per heavy atom. The second-order valence-corrected chi connectivity index (χ2v) is 4.23. The topological polar surface area (TPSA) is 77.8 Å². The van der Waals surface area contributed by atoms with E-state index >= 15 is 0 Å². The molecule has 0 spiro atoms. The average Bonchev–Trinajstić information content (AvgIpc) is 2.24. The van der Waals surface area contributed by atoms with Gasteiger partial charge >= 0.3 is 5.97 Å². The zero-order valence-corrected chi connectivity index (χ0v) is 10.1. The summed E-state index contributed by atoms with van der Waals surface area (Å²) in [5.41, 5.74) is 0. The summed E-state index contributed by atoms with van der Waals surface area (Å²) in [6, 6.07) is 0. The molecule has 0 bridgehead atoms. The normalized spacial score (nSPS) is 14.7. The van der Waals surface area contributed by atoms with Crippen molar-refractivity contribution in [3.8, 4) is 0 Å². The van der Waals surface area contributed by atoms with Gasteiger partial charge in [0.05, 0.1) is 12.0 Å². The van der Waals surface area contributed by atoms with E-state index in [1.54, 1.807) is 0 Å². The van der Waals surface area contributed by atoms with Crippen LogP contribution in [0.15, 0.2) is 0 Å². The largest absolute Gasteiger partial charge is 0.481 e. The van der Waals surface area contributed by atoms with Gasteiger partial charge in [-0.1, -0.05) is 32.6 Å². The van der Waals surface area contributed by atoms with E-state index in [0.717, 1.165) is 32.1 Å². The molecular formula is C12H24O4. The number of carboxylic acids is 1. The Morgan fingerprint density at radius 2 is 1.81 bits per heavy atom. The van der Waals surface area contributed by atoms with Crippen molar-refractivity contribution in [1.29, 1.82) is 0 Å². The van der Waals surface area contributed by atoms with Crippen LogP contribution < -0.4 is 0 Å². The highest BCUT2D eigenvalue weighted by molar-refractivity contribution is 5.70. The standard InChI is InChI=1S/C12H24O4/c1-2-3-7-10(12(15)16)11(14)8-5-4-6-9-13/h10-11,13-14H,2-9H2,1H3,(H,15,16). The van der Waals surface area contributed by atoms with Crippen LogP contribution in [-0.2, 0) is 4.79 Å². The molecular weight excluding hydrogens is 208 g/mol. The molecule has 0 aromatic heterocycles. The molecule has 0 saturated heterocycles. The highest BCUT2D eigenvalue weighted by Crippen LogP contribution is 2.18. The number of aliphatic carboxylic acids is 1. The van der Waals surface area contributed by atoms with Gasteiger partial charge in [0, 0.05) is 6.61 Å². The fourth-order valence-electron chi connectivity index (χ4n) is 1.75. The third-order valence-corrected chi connectivity index (χ3v) is 2.81. The maximum Gasteiger partial charge on any atom is 0.309 e. The monoisotopic (exact) mass is 232 g/mol. The van der Waals surface area contributed by atoms with E-state index in [1.807, 2.05) is 6.92 Å². The maximum absolute atomic E-state index is 10.9. The smallest absolute Gasteiger partial charge is 0.309 e. The summed E-state index contributed by atoms with van der Waals surface area (Å²) in [6.45, 7) is 2.17. The minimum atomic E-state index is -0.900. The molecule has 0 aliphatic heterocycles. The SMILES string of the molecule is CCCCC(C(=O)O)C(O)CCCCCO. The summed E-state index contributed by atoms with van der Waals surface area (Å²) in [4.78, 5) is 10.9. The van der Waals surface area contributed by atoms with Gasteiger partial charge in [0.1, 0.15) is 0 Å². The molecule has 0 aromatic rings. The van der Waals surface area contributed by atoms with Crippen LogP contribution in [0.4, 0.5) is 0 Å². The predicted molar refractivity (Wildman–Crippen MR) is 62.2 cm³/mol. The van der Waals surface area contributed by atoms with Crippen molar-refractivity contribution in [3.63, 3.8) is 0 Å². The molecule has 0 aromatic carbocycles. The van der Waals surface area contributed by atoms with Gasteiger partial charge in [-0.3, -0.25) is 4.79 Å². The van der Waals surface area contributed by atoms with Crippen LogP contribution >= 0.6 is 0 Å². The molecule has 16 heavy (non-hydrogen) atoms. The molecule has 4 nitrogen and oxygen atoms in total. The number of carboxylic acid groups (broad SMARTS) is 1. The van der Waals surface area contributed by atoms with E-state index in [9.17, 15) is 9.90 Å². The van der Waals surface area contributed by atoms with E-state index in [4.69, 9.17) is 10.2 Å². The minimum absolute atomic E-state index is 0.161. The Bertz CT molecular complexity index is 182. The molecule has 0 aliphatic carbocycles. The number of rotatable bonds is 10. The molecule has 0 fully saturated rings. The van der Waals surface area contributed by atoms with Crippen molar-refractivity contribution in [2.24, 2.45) is 5.92 Å². The first kappa shape index (κ1) is 15.4. The molecule has 2 unspecified atom stereocenters. The molecule has 0 saturated carbocycles. The highest BCUT2D eigenvalue weighted by Gasteiger charge is 2.25. The first-order valence-corrected chi connectivity index (χ1v) is 6.15. The van der Waals surface area contributed by atoms with Crippen LogP contribution in [0.1, 0.15) is 51.9 Å². The summed E-state index contributed by atoms with van der Waals surface area (Å²) < 4.78 is 0. The number of aliphatic hydroxyl groups is 2. The Balaban J connectivity index is 3.87. The first-order valence-electron chi connectivity index (χ1n) is 6.15. The Morgan fingerprint density at radius 1 is 1.12 bits per heavy atom. The lowest BCUT2D eigenvalue weighted by atomic mass is 9.92. The molecule has 0 rings (SSSR count). The summed E-state index contributed by atoms with van der Waals surface area (Å²) in [7, 11) is 0. The Kier molecular flexibility index (Phi) is 9.24. The molecule has 0 amide bonds. The minimum Gasteiger partial charge on any atom is -0.481 e. The van der Waals surface area contributed by atoms with E-state index in [0.29, 0.717) is 12.8 Å². The lowest BCUT2D eigenvalue weighted by Gasteiger charge is -2.18. The molecule has 96 valence electrons. The number of hydrogen-bond donors (Lipinski definition) is 3. The molecule has 0 radical (unpaired) electrons. The van der Waals surface area contributed by atoms with Crippen molar-refractivity contribution in [1.82, 2.24) is 0 Å². The highest BCUT2D eigenvalue weighted by atomic mass is 16.4. The second kappa shape index (κ2) is 9.60. The van der Waals surface area contributed by atoms with Crippen LogP contribution in [0, 0.1) is 5.92 Å². The van der Waals surface area contributed by atoms with Gasteiger partial charge in [-0.2, -0.15) is 0 Å². The van der Waals surface area contributed by atoms with E-state index in [-0.39, 0.29) is 6.61 Å². The van der Waals surface area contributed by atoms with Gasteiger partial charge in [-0.05, 0) is 19.3 Å². The number of aliphatic hydroxyl groups excluding tert-OH is 2. The predicted octanol–water partition coefficient (Wildman–Crippen LogP) is 1.79. The van der Waals surface area contributed by atoms with Gasteiger partial charge in [-0.15, -0.1) is 0 Å². The van der Waals surface area contributed by atoms with E-state index in [2.05, 4.69) is 0 Å². The third kappa shape index (κ3) is 6.80. The van der Waals surface area contributed by atoms with E-state index < -0.39 is 18.0 Å². The first-order chi connectivity index (χ1) is 7.63. The van der Waals surface area contributed by atoms with Gasteiger partial charge < -0.3 is 15.3 Å². The zero-order valence-electron chi connectivity index (χ0n) is 10.1. The number of hydrogen-bond acceptors (Lipinski definition) is 3. The number of carbonyl (C=O) groups is 1. The fraction of sp³-hybridized carbons (Fsp3) is 0.917. The molecule has 0 aliphatic rings. The Hall–Kier alpha value is -0.610. The summed E-state index contributed by atoms with van der Waals surface area (Å²) in [5, 5.41) is 27.3. The van der Waals surface area contributed by atoms with Crippen molar-refractivity contribution in [2.45, 2.75) is 58.0 Å². The second-order valence-electron chi connectivity index (χ2n) is 4.23. The molecule has 4 heteroatoms. The maximum atomic E-state index is 10.9. The number of unbranched alkanes of at least 4 members (excludes halogenated alkanes) is 3. The van der Waals surface area contributed by atoms with Gasteiger partial charge in [0.2, 0.25) is 0 Å². The van der Waals surface area contributed by atoms with Crippen molar-refractivity contribution < 1.29 is 20.1 Å². The zero-order chi connectivity index (χ0) is 12.4. The molecule has 0 heterocycles. The van der Waals surface area contributed by atoms with Crippen LogP contribution in [0.5, 0.6) is 0 Å². The quantitative estimate of drug-likeness (QED) is 0.502. The summed E-state index contributed by atoms with van der Waals surface area (Å²) in [6.07, 6.45) is 4.44. The molecule has 3 N–H and O–H groups in total. The Labute approximate surface area is 97.3 Å². The summed E-state index contributed by atoms with van der Waals surface area (Å²) in [5.74, 6) is -1.53. The summed E-state index contributed by atoms with van der Waals surface area (Å²) >= 11 is 0. The fourth-order valence-corrected chi connectivity index (χ4v) is 1.75. The average molecular weight is 232 g/mol. The van der Waals surface area contributed by atoms with Crippen LogP contribution in [0.2, 0.25) is 0 Å². The lowest BCUT2D eigenvalue weighted by Crippen LogP contribution is -2.28. The van der Waals surface area contributed by atoms with Crippen LogP contribution in [0.3, 0.4) is 0 Å².